The maximum Gasteiger partial charge on any atom is 0.251 e. The van der Waals surface area contributed by atoms with Crippen molar-refractivity contribution in [2.75, 3.05) is 31.3 Å². The number of carbonyl (C=O) groups is 1. The summed E-state index contributed by atoms with van der Waals surface area (Å²) in [6.07, 6.45) is 0.908. The van der Waals surface area contributed by atoms with Gasteiger partial charge in [0.25, 0.3) is 5.91 Å². The summed E-state index contributed by atoms with van der Waals surface area (Å²) >= 11 is 0. The second-order valence-corrected chi connectivity index (χ2v) is 4.70. The smallest absolute Gasteiger partial charge is 0.251 e. The molecule has 4 N–H and O–H groups in total. The first-order valence-electron chi connectivity index (χ1n) is 6.47. The van der Waals surface area contributed by atoms with Gasteiger partial charge in [-0.25, -0.2) is 0 Å². The van der Waals surface area contributed by atoms with Crippen LogP contribution in [0.5, 0.6) is 0 Å². The van der Waals surface area contributed by atoms with Crippen molar-refractivity contribution < 1.29 is 9.53 Å². The number of nitrogen functional groups attached to an aromatic ring is 1. The number of hydrogen-bond donors (Lipinski definition) is 3. The predicted molar refractivity (Wildman–Crippen MR) is 78.4 cm³/mol. The minimum Gasteiger partial charge on any atom is -0.397 e. The van der Waals surface area contributed by atoms with Crippen molar-refractivity contribution in [3.8, 4) is 0 Å². The van der Waals surface area contributed by atoms with Crippen LogP contribution in [0.2, 0.25) is 0 Å². The van der Waals surface area contributed by atoms with Gasteiger partial charge in [-0.2, -0.15) is 0 Å². The number of nitrogens with one attached hydrogen (secondary N) is 2. The molecule has 0 spiro atoms. The number of rotatable bonds is 7. The van der Waals surface area contributed by atoms with Gasteiger partial charge in [-0.1, -0.05) is 0 Å². The zero-order valence-electron chi connectivity index (χ0n) is 11.8. The normalized spacial score (nSPS) is 10.5. The van der Waals surface area contributed by atoms with E-state index in [0.29, 0.717) is 17.9 Å². The van der Waals surface area contributed by atoms with E-state index in [1.165, 1.54) is 0 Å². The van der Waals surface area contributed by atoms with E-state index in [0.717, 1.165) is 18.7 Å². The zero-order valence-corrected chi connectivity index (χ0v) is 11.8. The number of ether oxygens (including phenoxy) is 1. The third kappa shape index (κ3) is 5.18. The highest BCUT2D eigenvalue weighted by Crippen LogP contribution is 2.19. The number of methoxy groups -OCH3 is 1. The number of amides is 1. The standard InChI is InChI=1S/C14H23N3O2/c1-10(2)17-14(18)11-5-6-13(12(15)9-11)16-7-4-8-19-3/h5-6,9-10,16H,4,7-8,15H2,1-3H3,(H,17,18). The molecule has 19 heavy (non-hydrogen) atoms. The average molecular weight is 265 g/mol. The van der Waals surface area contributed by atoms with E-state index < -0.39 is 0 Å². The quantitative estimate of drug-likeness (QED) is 0.519. The Hall–Kier alpha value is -1.75. The fraction of sp³-hybridized carbons (Fsp3) is 0.500. The second-order valence-electron chi connectivity index (χ2n) is 4.70. The summed E-state index contributed by atoms with van der Waals surface area (Å²) in [5.41, 5.74) is 7.93. The molecule has 0 atom stereocenters. The Bertz CT molecular complexity index is 419. The fourth-order valence-electron chi connectivity index (χ4n) is 1.65. The molecule has 1 amide bonds. The van der Waals surface area contributed by atoms with Gasteiger partial charge in [0.15, 0.2) is 0 Å². The van der Waals surface area contributed by atoms with Gasteiger partial charge in [0.05, 0.1) is 11.4 Å². The minimum atomic E-state index is -0.104. The molecule has 0 aliphatic carbocycles. The lowest BCUT2D eigenvalue weighted by Crippen LogP contribution is -2.30. The van der Waals surface area contributed by atoms with Gasteiger partial charge in [0.2, 0.25) is 0 Å². The van der Waals surface area contributed by atoms with E-state index in [-0.39, 0.29) is 11.9 Å². The number of carbonyl (C=O) groups excluding carboxylic acids is 1. The summed E-state index contributed by atoms with van der Waals surface area (Å²) in [5.74, 6) is -0.104. The van der Waals surface area contributed by atoms with Crippen molar-refractivity contribution in [3.05, 3.63) is 23.8 Å². The summed E-state index contributed by atoms with van der Waals surface area (Å²) in [7, 11) is 1.68. The zero-order chi connectivity index (χ0) is 14.3. The summed E-state index contributed by atoms with van der Waals surface area (Å²) in [5, 5.41) is 6.05. The van der Waals surface area contributed by atoms with Crippen LogP contribution in [-0.4, -0.2) is 32.2 Å². The largest absolute Gasteiger partial charge is 0.397 e. The lowest BCUT2D eigenvalue weighted by Gasteiger charge is -2.12. The average Bonchev–Trinajstić information content (AvgIpc) is 2.35. The molecule has 5 nitrogen and oxygen atoms in total. The van der Waals surface area contributed by atoms with Crippen LogP contribution in [0.1, 0.15) is 30.6 Å². The van der Waals surface area contributed by atoms with E-state index in [2.05, 4.69) is 10.6 Å². The van der Waals surface area contributed by atoms with Gasteiger partial charge >= 0.3 is 0 Å². The maximum atomic E-state index is 11.8. The lowest BCUT2D eigenvalue weighted by molar-refractivity contribution is 0.0943. The van der Waals surface area contributed by atoms with Gasteiger partial charge in [-0.15, -0.1) is 0 Å². The Kier molecular flexibility index (Phi) is 6.15. The van der Waals surface area contributed by atoms with Crippen LogP contribution < -0.4 is 16.4 Å². The molecular weight excluding hydrogens is 242 g/mol. The van der Waals surface area contributed by atoms with Gasteiger partial charge in [0.1, 0.15) is 0 Å². The number of nitrogens with two attached hydrogens (primary N) is 1. The third-order valence-corrected chi connectivity index (χ3v) is 2.57. The Morgan fingerprint density at radius 1 is 1.42 bits per heavy atom. The molecule has 1 aromatic carbocycles. The minimum absolute atomic E-state index is 0.104. The number of hydrogen-bond acceptors (Lipinski definition) is 4. The highest BCUT2D eigenvalue weighted by molar-refractivity contribution is 5.96. The summed E-state index contributed by atoms with van der Waals surface area (Å²) in [4.78, 5) is 11.8. The number of benzene rings is 1. The highest BCUT2D eigenvalue weighted by atomic mass is 16.5. The molecule has 0 saturated carbocycles. The first-order valence-corrected chi connectivity index (χ1v) is 6.47. The van der Waals surface area contributed by atoms with Gasteiger partial charge in [-0.3, -0.25) is 4.79 Å². The Morgan fingerprint density at radius 2 is 2.16 bits per heavy atom. The van der Waals surface area contributed by atoms with Crippen LogP contribution >= 0.6 is 0 Å². The molecule has 106 valence electrons. The SMILES string of the molecule is COCCCNc1ccc(C(=O)NC(C)C)cc1N. The number of anilines is 2. The van der Waals surface area contributed by atoms with Crippen LogP contribution in [0.25, 0.3) is 0 Å². The van der Waals surface area contributed by atoms with Gasteiger partial charge < -0.3 is 21.1 Å². The second kappa shape index (κ2) is 7.63. The van der Waals surface area contributed by atoms with Crippen molar-refractivity contribution in [3.63, 3.8) is 0 Å². The molecule has 1 rings (SSSR count). The van der Waals surface area contributed by atoms with E-state index in [1.54, 1.807) is 19.2 Å². The topological polar surface area (TPSA) is 76.4 Å². The van der Waals surface area contributed by atoms with Crippen molar-refractivity contribution in [2.24, 2.45) is 0 Å². The van der Waals surface area contributed by atoms with Crippen molar-refractivity contribution in [2.45, 2.75) is 26.3 Å². The molecule has 0 saturated heterocycles. The van der Waals surface area contributed by atoms with Crippen LogP contribution in [0.3, 0.4) is 0 Å². The first-order chi connectivity index (χ1) is 9.04. The molecule has 0 radical (unpaired) electrons. The Morgan fingerprint density at radius 3 is 2.74 bits per heavy atom. The molecule has 5 heteroatoms. The molecule has 0 aliphatic heterocycles. The fourth-order valence-corrected chi connectivity index (χ4v) is 1.65. The van der Waals surface area contributed by atoms with E-state index in [9.17, 15) is 4.79 Å². The van der Waals surface area contributed by atoms with Crippen LogP contribution in [-0.2, 0) is 4.74 Å². The van der Waals surface area contributed by atoms with Crippen LogP contribution in [0.4, 0.5) is 11.4 Å². The lowest BCUT2D eigenvalue weighted by atomic mass is 10.1. The van der Waals surface area contributed by atoms with E-state index in [1.807, 2.05) is 19.9 Å². The van der Waals surface area contributed by atoms with Gasteiger partial charge in [0, 0.05) is 31.9 Å². The molecule has 0 unspecified atom stereocenters. The summed E-state index contributed by atoms with van der Waals surface area (Å²) in [6.45, 7) is 5.34. The maximum absolute atomic E-state index is 11.8. The predicted octanol–water partition coefficient (Wildman–Crippen LogP) is 1.86. The van der Waals surface area contributed by atoms with Crippen LogP contribution in [0.15, 0.2) is 18.2 Å². The molecule has 0 heterocycles. The monoisotopic (exact) mass is 265 g/mol. The van der Waals surface area contributed by atoms with Crippen molar-refractivity contribution in [1.29, 1.82) is 0 Å². The molecule has 0 aromatic heterocycles. The van der Waals surface area contributed by atoms with Crippen LogP contribution in [0, 0.1) is 0 Å². The van der Waals surface area contributed by atoms with E-state index in [4.69, 9.17) is 10.5 Å². The molecular formula is C14H23N3O2. The highest BCUT2D eigenvalue weighted by Gasteiger charge is 2.08. The summed E-state index contributed by atoms with van der Waals surface area (Å²) in [6, 6.07) is 5.40. The third-order valence-electron chi connectivity index (χ3n) is 2.57. The van der Waals surface area contributed by atoms with E-state index >= 15 is 0 Å². The Balaban J connectivity index is 2.61. The Labute approximate surface area is 114 Å². The summed E-state index contributed by atoms with van der Waals surface area (Å²) < 4.78 is 4.97. The van der Waals surface area contributed by atoms with Gasteiger partial charge in [-0.05, 0) is 38.5 Å². The van der Waals surface area contributed by atoms with Crippen molar-refractivity contribution in [1.82, 2.24) is 5.32 Å². The van der Waals surface area contributed by atoms with Crippen molar-refractivity contribution >= 4 is 17.3 Å². The molecule has 0 fully saturated rings. The molecule has 0 bridgehead atoms. The first kappa shape index (κ1) is 15.3. The molecule has 1 aromatic rings. The molecule has 0 aliphatic rings.